The van der Waals surface area contributed by atoms with Crippen molar-refractivity contribution in [2.75, 3.05) is 12.0 Å². The molecular formula is C20H22N2OS2. The Morgan fingerprint density at radius 3 is 2.56 bits per heavy atom. The van der Waals surface area contributed by atoms with Gasteiger partial charge in [0.25, 0.3) is 0 Å². The summed E-state index contributed by atoms with van der Waals surface area (Å²) >= 11 is 1.74. The second-order valence-electron chi connectivity index (χ2n) is 6.02. The van der Waals surface area contributed by atoms with Gasteiger partial charge in [0.1, 0.15) is 0 Å². The highest BCUT2D eigenvalue weighted by Gasteiger charge is 2.23. The molecule has 0 saturated carbocycles. The number of benzene rings is 1. The van der Waals surface area contributed by atoms with Crippen molar-refractivity contribution in [2.45, 2.75) is 23.9 Å². The lowest BCUT2D eigenvalue weighted by Gasteiger charge is -2.32. The minimum atomic E-state index is -0.877. The third-order valence-corrected chi connectivity index (χ3v) is 6.14. The van der Waals surface area contributed by atoms with Gasteiger partial charge in [-0.3, -0.25) is 9.19 Å². The number of aromatic nitrogens is 1. The van der Waals surface area contributed by atoms with E-state index in [1.165, 1.54) is 16.0 Å². The Kier molecular flexibility index (Phi) is 6.10. The summed E-state index contributed by atoms with van der Waals surface area (Å²) in [4.78, 5) is 7.61. The van der Waals surface area contributed by atoms with E-state index in [9.17, 15) is 4.21 Å². The Morgan fingerprint density at radius 1 is 1.24 bits per heavy atom. The summed E-state index contributed by atoms with van der Waals surface area (Å²) in [5.41, 5.74) is 3.47. The van der Waals surface area contributed by atoms with E-state index in [0.717, 1.165) is 18.7 Å². The molecule has 25 heavy (non-hydrogen) atoms. The zero-order valence-corrected chi connectivity index (χ0v) is 15.9. The Bertz CT molecular complexity index is 772. The molecule has 0 fully saturated rings. The van der Waals surface area contributed by atoms with Crippen LogP contribution in [0.4, 0.5) is 0 Å². The first-order valence-corrected chi connectivity index (χ1v) is 10.8. The Balaban J connectivity index is 1.76. The Labute approximate surface area is 156 Å². The standard InChI is InChI=1S/C20H22N2OS2/c1-16(13-17-3-5-20(24-2)6-4-17)22(19-9-12-25(23)15-19)14-18-7-10-21-11-8-18/h3-12,19H,1,13-15H2,2H3. The van der Waals surface area contributed by atoms with Gasteiger partial charge in [0.2, 0.25) is 0 Å². The van der Waals surface area contributed by atoms with E-state index in [4.69, 9.17) is 0 Å². The van der Waals surface area contributed by atoms with Gasteiger partial charge in [0.15, 0.2) is 0 Å². The first-order chi connectivity index (χ1) is 12.2. The second kappa shape index (κ2) is 8.50. The van der Waals surface area contributed by atoms with Crippen LogP contribution < -0.4 is 0 Å². The number of hydrogen-bond acceptors (Lipinski definition) is 4. The normalized spacial score (nSPS) is 19.1. The monoisotopic (exact) mass is 370 g/mol. The minimum Gasteiger partial charge on any atom is -0.363 e. The van der Waals surface area contributed by atoms with Crippen LogP contribution in [0, 0.1) is 0 Å². The maximum Gasteiger partial charge on any atom is 0.0601 e. The molecule has 0 radical (unpaired) electrons. The maximum atomic E-state index is 11.8. The molecule has 1 aliphatic heterocycles. The molecule has 0 aliphatic carbocycles. The highest BCUT2D eigenvalue weighted by molar-refractivity contribution is 7.98. The van der Waals surface area contributed by atoms with Gasteiger partial charge in [-0.1, -0.05) is 24.8 Å². The lowest BCUT2D eigenvalue weighted by Crippen LogP contribution is -2.34. The molecule has 2 heterocycles. The van der Waals surface area contributed by atoms with Crippen LogP contribution in [-0.4, -0.2) is 32.1 Å². The van der Waals surface area contributed by atoms with E-state index >= 15 is 0 Å². The zero-order chi connectivity index (χ0) is 17.6. The molecule has 1 aliphatic rings. The van der Waals surface area contributed by atoms with Crippen LogP contribution in [0.2, 0.25) is 0 Å². The quantitative estimate of drug-likeness (QED) is 0.690. The van der Waals surface area contributed by atoms with E-state index in [2.05, 4.69) is 47.0 Å². The number of hydrogen-bond donors (Lipinski definition) is 0. The van der Waals surface area contributed by atoms with Crippen LogP contribution in [0.25, 0.3) is 0 Å². The lowest BCUT2D eigenvalue weighted by molar-refractivity contribution is 0.298. The van der Waals surface area contributed by atoms with Gasteiger partial charge in [0.05, 0.1) is 11.8 Å². The molecule has 0 saturated heterocycles. The Morgan fingerprint density at radius 2 is 1.96 bits per heavy atom. The molecule has 0 amide bonds. The van der Waals surface area contributed by atoms with Crippen molar-refractivity contribution in [3.8, 4) is 0 Å². The highest BCUT2D eigenvalue weighted by atomic mass is 32.2. The molecule has 0 spiro atoms. The van der Waals surface area contributed by atoms with Gasteiger partial charge in [-0.15, -0.1) is 11.8 Å². The van der Waals surface area contributed by atoms with E-state index in [1.54, 1.807) is 29.6 Å². The Hall–Kier alpha value is -1.85. The number of thioether (sulfide) groups is 1. The third-order valence-electron chi connectivity index (χ3n) is 4.26. The van der Waals surface area contributed by atoms with Crippen molar-refractivity contribution in [1.29, 1.82) is 0 Å². The highest BCUT2D eigenvalue weighted by Crippen LogP contribution is 2.23. The molecule has 1 aromatic heterocycles. The number of rotatable bonds is 7. The topological polar surface area (TPSA) is 33.2 Å². The van der Waals surface area contributed by atoms with Gasteiger partial charge in [-0.05, 0) is 41.6 Å². The fourth-order valence-electron chi connectivity index (χ4n) is 2.88. The van der Waals surface area contributed by atoms with Crippen LogP contribution in [0.15, 0.2) is 77.4 Å². The van der Waals surface area contributed by atoms with Crippen LogP contribution in [0.3, 0.4) is 0 Å². The summed E-state index contributed by atoms with van der Waals surface area (Å²) in [6.07, 6.45) is 8.52. The van der Waals surface area contributed by atoms with Crippen molar-refractivity contribution in [1.82, 2.24) is 9.88 Å². The fourth-order valence-corrected chi connectivity index (χ4v) is 4.38. The molecule has 130 valence electrons. The number of nitrogens with zero attached hydrogens (tertiary/aromatic N) is 2. The summed E-state index contributed by atoms with van der Waals surface area (Å²) in [6, 6.07) is 12.8. The van der Waals surface area contributed by atoms with Crippen molar-refractivity contribution in [3.05, 3.63) is 83.7 Å². The van der Waals surface area contributed by atoms with Crippen LogP contribution in [-0.2, 0) is 23.8 Å². The summed E-state index contributed by atoms with van der Waals surface area (Å²) in [5, 5.41) is 1.80. The van der Waals surface area contributed by atoms with E-state index < -0.39 is 10.8 Å². The summed E-state index contributed by atoms with van der Waals surface area (Å²) in [6.45, 7) is 5.08. The molecule has 3 nitrogen and oxygen atoms in total. The van der Waals surface area contributed by atoms with Crippen molar-refractivity contribution >= 4 is 22.6 Å². The molecule has 0 bridgehead atoms. The van der Waals surface area contributed by atoms with Gasteiger partial charge >= 0.3 is 0 Å². The van der Waals surface area contributed by atoms with Crippen LogP contribution >= 0.6 is 11.8 Å². The molecular weight excluding hydrogens is 348 g/mol. The molecule has 0 N–H and O–H groups in total. The smallest absolute Gasteiger partial charge is 0.0601 e. The zero-order valence-electron chi connectivity index (χ0n) is 14.3. The van der Waals surface area contributed by atoms with Gasteiger partial charge < -0.3 is 4.90 Å². The third kappa shape index (κ3) is 4.83. The average Bonchev–Trinajstić information content (AvgIpc) is 3.07. The van der Waals surface area contributed by atoms with Crippen LogP contribution in [0.1, 0.15) is 11.1 Å². The van der Waals surface area contributed by atoms with E-state index in [0.29, 0.717) is 5.75 Å². The second-order valence-corrected chi connectivity index (χ2v) is 8.26. The SMILES string of the molecule is C=C(Cc1ccc(SC)cc1)N(Cc1ccncc1)C1C=CS(=O)C1. The first kappa shape index (κ1) is 18.0. The first-order valence-electron chi connectivity index (χ1n) is 8.17. The molecule has 2 aromatic rings. The summed E-state index contributed by atoms with van der Waals surface area (Å²) in [7, 11) is -0.877. The largest absolute Gasteiger partial charge is 0.363 e. The van der Waals surface area contributed by atoms with E-state index in [1.807, 2.05) is 18.2 Å². The van der Waals surface area contributed by atoms with Gasteiger partial charge in [0, 0.05) is 52.2 Å². The molecule has 1 aromatic carbocycles. The van der Waals surface area contributed by atoms with Crippen molar-refractivity contribution in [2.24, 2.45) is 0 Å². The van der Waals surface area contributed by atoms with Crippen molar-refractivity contribution in [3.63, 3.8) is 0 Å². The predicted molar refractivity (Wildman–Crippen MR) is 107 cm³/mol. The minimum absolute atomic E-state index is 0.131. The number of pyridine rings is 1. The molecule has 5 heteroatoms. The molecule has 2 unspecified atom stereocenters. The van der Waals surface area contributed by atoms with E-state index in [-0.39, 0.29) is 6.04 Å². The number of allylic oxidation sites excluding steroid dienone is 1. The lowest BCUT2D eigenvalue weighted by atomic mass is 10.1. The fraction of sp³-hybridized carbons (Fsp3) is 0.250. The maximum absolute atomic E-state index is 11.8. The van der Waals surface area contributed by atoms with Crippen molar-refractivity contribution < 1.29 is 4.21 Å². The summed E-state index contributed by atoms with van der Waals surface area (Å²) in [5.74, 6) is 0.634. The van der Waals surface area contributed by atoms with Gasteiger partial charge in [-0.2, -0.15) is 0 Å². The van der Waals surface area contributed by atoms with Crippen LogP contribution in [0.5, 0.6) is 0 Å². The summed E-state index contributed by atoms with van der Waals surface area (Å²) < 4.78 is 11.8. The molecule has 2 atom stereocenters. The predicted octanol–water partition coefficient (Wildman–Crippen LogP) is 4.01. The average molecular weight is 371 g/mol. The van der Waals surface area contributed by atoms with Gasteiger partial charge in [-0.25, -0.2) is 0 Å². The molecule has 3 rings (SSSR count).